The lowest BCUT2D eigenvalue weighted by atomic mass is 10.0. The first-order chi connectivity index (χ1) is 14.3. The smallest absolute Gasteiger partial charge is 0.407 e. The second kappa shape index (κ2) is 19.7. The summed E-state index contributed by atoms with van der Waals surface area (Å²) in [6.07, 6.45) is 15.5. The number of aliphatic hydroxyl groups excluding tert-OH is 1. The Kier molecular flexibility index (Phi) is 17.3. The van der Waals surface area contributed by atoms with Gasteiger partial charge in [-0.25, -0.2) is 4.79 Å². The SMILES string of the molecule is O=C(NCCNCCCCCCCCCCCCCc1ccccc1)OCCO. The van der Waals surface area contributed by atoms with Crippen molar-refractivity contribution in [2.75, 3.05) is 32.8 Å². The molecule has 0 fully saturated rings. The van der Waals surface area contributed by atoms with Gasteiger partial charge in [0.25, 0.3) is 0 Å². The van der Waals surface area contributed by atoms with Crippen molar-refractivity contribution in [3.63, 3.8) is 0 Å². The number of hydrogen-bond acceptors (Lipinski definition) is 4. The van der Waals surface area contributed by atoms with Gasteiger partial charge in [0.05, 0.1) is 6.61 Å². The molecule has 0 aliphatic heterocycles. The predicted octanol–water partition coefficient (Wildman–Crippen LogP) is 4.83. The van der Waals surface area contributed by atoms with E-state index in [9.17, 15) is 4.79 Å². The van der Waals surface area contributed by atoms with Gasteiger partial charge in [0.2, 0.25) is 0 Å². The van der Waals surface area contributed by atoms with E-state index in [0.29, 0.717) is 6.54 Å². The quantitative estimate of drug-likeness (QED) is 0.288. The zero-order valence-electron chi connectivity index (χ0n) is 18.2. The number of nitrogens with one attached hydrogen (secondary N) is 2. The van der Waals surface area contributed by atoms with Gasteiger partial charge < -0.3 is 20.5 Å². The largest absolute Gasteiger partial charge is 0.447 e. The number of benzene rings is 1. The highest BCUT2D eigenvalue weighted by atomic mass is 16.6. The van der Waals surface area contributed by atoms with E-state index in [0.717, 1.165) is 13.1 Å². The summed E-state index contributed by atoms with van der Waals surface area (Å²) in [4.78, 5) is 11.1. The van der Waals surface area contributed by atoms with Crippen molar-refractivity contribution in [3.8, 4) is 0 Å². The van der Waals surface area contributed by atoms with E-state index in [4.69, 9.17) is 9.84 Å². The zero-order valence-corrected chi connectivity index (χ0v) is 18.2. The second-order valence-corrected chi connectivity index (χ2v) is 7.66. The molecule has 166 valence electrons. The maximum Gasteiger partial charge on any atom is 0.407 e. The fourth-order valence-electron chi connectivity index (χ4n) is 3.38. The third-order valence-electron chi connectivity index (χ3n) is 5.06. The molecule has 0 heterocycles. The number of aryl methyl sites for hydroxylation is 1. The molecule has 1 aromatic rings. The molecule has 0 saturated carbocycles. The van der Waals surface area contributed by atoms with Crippen molar-refractivity contribution in [1.29, 1.82) is 0 Å². The molecule has 5 heteroatoms. The molecule has 1 rings (SSSR count). The zero-order chi connectivity index (χ0) is 20.8. The van der Waals surface area contributed by atoms with Crippen LogP contribution < -0.4 is 10.6 Å². The van der Waals surface area contributed by atoms with Gasteiger partial charge in [-0.2, -0.15) is 0 Å². The maximum absolute atomic E-state index is 11.1. The minimum absolute atomic E-state index is 0.0496. The number of hydrogen-bond donors (Lipinski definition) is 3. The van der Waals surface area contributed by atoms with Crippen LogP contribution in [0, 0.1) is 0 Å². The Labute approximate surface area is 177 Å². The lowest BCUT2D eigenvalue weighted by molar-refractivity contribution is 0.119. The van der Waals surface area contributed by atoms with E-state index in [1.54, 1.807) is 0 Å². The van der Waals surface area contributed by atoms with E-state index in [1.807, 2.05) is 0 Å². The minimum Gasteiger partial charge on any atom is -0.447 e. The van der Waals surface area contributed by atoms with E-state index < -0.39 is 6.09 Å². The molecular weight excluding hydrogens is 364 g/mol. The molecule has 0 aliphatic rings. The van der Waals surface area contributed by atoms with Crippen LogP contribution in [0.4, 0.5) is 4.79 Å². The van der Waals surface area contributed by atoms with Crippen molar-refractivity contribution in [1.82, 2.24) is 10.6 Å². The summed E-state index contributed by atoms with van der Waals surface area (Å²) in [7, 11) is 0. The van der Waals surface area contributed by atoms with Gasteiger partial charge >= 0.3 is 6.09 Å². The summed E-state index contributed by atoms with van der Waals surface area (Å²) in [6.45, 7) is 2.21. The molecule has 0 atom stereocenters. The van der Waals surface area contributed by atoms with Gasteiger partial charge in [0, 0.05) is 13.1 Å². The van der Waals surface area contributed by atoms with Crippen molar-refractivity contribution in [2.24, 2.45) is 0 Å². The average molecular weight is 407 g/mol. The molecular formula is C24H42N2O3. The first-order valence-corrected chi connectivity index (χ1v) is 11.6. The summed E-state index contributed by atoms with van der Waals surface area (Å²) in [6, 6.07) is 10.8. The topological polar surface area (TPSA) is 70.6 Å². The maximum atomic E-state index is 11.1. The first-order valence-electron chi connectivity index (χ1n) is 11.6. The van der Waals surface area contributed by atoms with Gasteiger partial charge in [0.15, 0.2) is 0 Å². The molecule has 0 radical (unpaired) electrons. The molecule has 0 aliphatic carbocycles. The highest BCUT2D eigenvalue weighted by molar-refractivity contribution is 5.67. The Hall–Kier alpha value is -1.59. The Morgan fingerprint density at radius 2 is 1.34 bits per heavy atom. The number of carbonyl (C=O) groups is 1. The number of rotatable bonds is 19. The van der Waals surface area contributed by atoms with Gasteiger partial charge in [-0.3, -0.25) is 0 Å². The average Bonchev–Trinajstić information content (AvgIpc) is 2.75. The lowest BCUT2D eigenvalue weighted by Gasteiger charge is -2.07. The summed E-state index contributed by atoms with van der Waals surface area (Å²) >= 11 is 0. The van der Waals surface area contributed by atoms with Crippen LogP contribution in [-0.2, 0) is 11.2 Å². The summed E-state index contributed by atoms with van der Waals surface area (Å²) in [5.41, 5.74) is 1.47. The van der Waals surface area contributed by atoms with Crippen molar-refractivity contribution in [3.05, 3.63) is 35.9 Å². The van der Waals surface area contributed by atoms with Gasteiger partial charge in [0.1, 0.15) is 6.61 Å². The number of alkyl carbamates (subject to hydrolysis) is 1. The number of ether oxygens (including phenoxy) is 1. The molecule has 0 saturated heterocycles. The van der Waals surface area contributed by atoms with Crippen LogP contribution in [0.1, 0.15) is 76.2 Å². The van der Waals surface area contributed by atoms with Crippen LogP contribution in [0.3, 0.4) is 0 Å². The normalized spacial score (nSPS) is 10.8. The molecule has 0 unspecified atom stereocenters. The van der Waals surface area contributed by atoms with Crippen molar-refractivity contribution in [2.45, 2.75) is 77.0 Å². The van der Waals surface area contributed by atoms with Crippen molar-refractivity contribution >= 4 is 6.09 Å². The molecule has 1 amide bonds. The Balaban J connectivity index is 1.70. The van der Waals surface area contributed by atoms with Crippen LogP contribution >= 0.6 is 0 Å². The highest BCUT2D eigenvalue weighted by Crippen LogP contribution is 2.12. The third kappa shape index (κ3) is 17.0. The number of amides is 1. The summed E-state index contributed by atoms with van der Waals surface area (Å²) in [5.74, 6) is 0. The molecule has 0 aromatic heterocycles. The van der Waals surface area contributed by atoms with Crippen LogP contribution in [0.5, 0.6) is 0 Å². The molecule has 29 heavy (non-hydrogen) atoms. The minimum atomic E-state index is -0.465. The number of aliphatic hydroxyl groups is 1. The molecule has 0 spiro atoms. The fourth-order valence-corrected chi connectivity index (χ4v) is 3.38. The van der Waals surface area contributed by atoms with Gasteiger partial charge in [-0.05, 0) is 31.4 Å². The van der Waals surface area contributed by atoms with E-state index in [2.05, 4.69) is 41.0 Å². The molecule has 0 bridgehead atoms. The van der Waals surface area contributed by atoms with Gasteiger partial charge in [-0.15, -0.1) is 0 Å². The van der Waals surface area contributed by atoms with Crippen LogP contribution in [0.25, 0.3) is 0 Å². The fraction of sp³-hybridized carbons (Fsp3) is 0.708. The molecule has 3 N–H and O–H groups in total. The van der Waals surface area contributed by atoms with E-state index in [1.165, 1.54) is 82.6 Å². The molecule has 1 aromatic carbocycles. The van der Waals surface area contributed by atoms with Gasteiger partial charge in [-0.1, -0.05) is 88.1 Å². The molecule has 5 nitrogen and oxygen atoms in total. The van der Waals surface area contributed by atoms with E-state index >= 15 is 0 Å². The second-order valence-electron chi connectivity index (χ2n) is 7.66. The first kappa shape index (κ1) is 25.4. The Bertz CT molecular complexity index is 482. The van der Waals surface area contributed by atoms with Crippen molar-refractivity contribution < 1.29 is 14.6 Å². The monoisotopic (exact) mass is 406 g/mol. The number of carbonyl (C=O) groups excluding carboxylic acids is 1. The lowest BCUT2D eigenvalue weighted by Crippen LogP contribution is -2.33. The van der Waals surface area contributed by atoms with Crippen LogP contribution in [0.15, 0.2) is 30.3 Å². The van der Waals surface area contributed by atoms with Crippen LogP contribution in [0.2, 0.25) is 0 Å². The third-order valence-corrected chi connectivity index (χ3v) is 5.06. The Morgan fingerprint density at radius 1 is 0.759 bits per heavy atom. The predicted molar refractivity (Wildman–Crippen MR) is 120 cm³/mol. The van der Waals surface area contributed by atoms with E-state index in [-0.39, 0.29) is 13.2 Å². The summed E-state index contributed by atoms with van der Waals surface area (Å²) in [5, 5.41) is 14.5. The van der Waals surface area contributed by atoms with Crippen LogP contribution in [-0.4, -0.2) is 44.0 Å². The summed E-state index contributed by atoms with van der Waals surface area (Å²) < 4.78 is 4.70. The Morgan fingerprint density at radius 3 is 1.97 bits per heavy atom. The standard InChI is InChI=1S/C24H42N2O3/c27-21-22-29-24(28)26-20-19-25-18-14-9-7-5-3-1-2-4-6-8-11-15-23-16-12-10-13-17-23/h10,12-13,16-17,25,27H,1-9,11,14-15,18-22H2,(H,26,28). The number of unbranched alkanes of at least 4 members (excludes halogenated alkanes) is 10. The highest BCUT2D eigenvalue weighted by Gasteiger charge is 1.99.